The van der Waals surface area contributed by atoms with Gasteiger partial charge in [-0.05, 0) is 48.7 Å². The molecule has 0 spiro atoms. The van der Waals surface area contributed by atoms with Gasteiger partial charge in [-0.2, -0.15) is 20.7 Å². The zero-order valence-electron chi connectivity index (χ0n) is 14.5. The van der Waals surface area contributed by atoms with Crippen LogP contribution >= 0.6 is 11.3 Å². The van der Waals surface area contributed by atoms with Crippen molar-refractivity contribution in [3.63, 3.8) is 0 Å². The number of carbonyl (C=O) groups is 1. The van der Waals surface area contributed by atoms with Crippen molar-refractivity contribution in [1.29, 1.82) is 0 Å². The molecule has 0 bridgehead atoms. The average molecular weight is 392 g/mol. The minimum Gasteiger partial charge on any atom is -0.273 e. The Morgan fingerprint density at radius 3 is 2.77 bits per heavy atom. The molecule has 0 radical (unpaired) electrons. The van der Waals surface area contributed by atoms with Gasteiger partial charge in [0.15, 0.2) is 0 Å². The zero-order chi connectivity index (χ0) is 18.6. The molecule has 1 fully saturated rings. The number of hydrazone groups is 1. The van der Waals surface area contributed by atoms with Crippen molar-refractivity contribution in [2.75, 3.05) is 13.1 Å². The highest BCUT2D eigenvalue weighted by molar-refractivity contribution is 7.89. The van der Waals surface area contributed by atoms with E-state index in [-0.39, 0.29) is 17.3 Å². The lowest BCUT2D eigenvalue weighted by atomic mass is 9.99. The predicted octanol–water partition coefficient (Wildman–Crippen LogP) is 2.61. The number of carbonyl (C=O) groups excluding carboxylic acids is 1. The Morgan fingerprint density at radius 1 is 1.31 bits per heavy atom. The second-order valence-electron chi connectivity index (χ2n) is 6.31. The smallest absolute Gasteiger partial charge is 0.244 e. The van der Waals surface area contributed by atoms with E-state index in [0.717, 1.165) is 11.1 Å². The molecule has 138 valence electrons. The Kier molecular flexibility index (Phi) is 5.85. The SMILES string of the molecule is Cc1ccc(S(=O)(=O)N2CCC[C@H](C(=O)N/N=C\c3ccsc3)C2)cc1. The molecule has 2 aromatic rings. The number of benzene rings is 1. The molecule has 2 heterocycles. The number of nitrogens with one attached hydrogen (secondary N) is 1. The van der Waals surface area contributed by atoms with E-state index in [9.17, 15) is 13.2 Å². The lowest BCUT2D eigenvalue weighted by molar-refractivity contribution is -0.126. The molecule has 8 heteroatoms. The predicted molar refractivity (Wildman–Crippen MR) is 103 cm³/mol. The second-order valence-corrected chi connectivity index (χ2v) is 9.02. The van der Waals surface area contributed by atoms with Gasteiger partial charge in [0, 0.05) is 18.7 Å². The third-order valence-electron chi connectivity index (χ3n) is 4.35. The first kappa shape index (κ1) is 18.8. The molecule has 26 heavy (non-hydrogen) atoms. The Morgan fingerprint density at radius 2 is 2.08 bits per heavy atom. The van der Waals surface area contributed by atoms with Crippen molar-refractivity contribution in [2.45, 2.75) is 24.7 Å². The first-order valence-corrected chi connectivity index (χ1v) is 10.8. The van der Waals surface area contributed by atoms with Gasteiger partial charge in [-0.15, -0.1) is 0 Å². The van der Waals surface area contributed by atoms with Gasteiger partial charge in [-0.3, -0.25) is 4.79 Å². The van der Waals surface area contributed by atoms with Crippen LogP contribution in [0.1, 0.15) is 24.0 Å². The van der Waals surface area contributed by atoms with E-state index < -0.39 is 15.9 Å². The van der Waals surface area contributed by atoms with Crippen LogP contribution in [-0.4, -0.2) is 37.9 Å². The van der Waals surface area contributed by atoms with Gasteiger partial charge in [-0.25, -0.2) is 13.8 Å². The van der Waals surface area contributed by atoms with Crippen LogP contribution in [0.25, 0.3) is 0 Å². The highest BCUT2D eigenvalue weighted by atomic mass is 32.2. The lowest BCUT2D eigenvalue weighted by Gasteiger charge is -2.30. The Labute approximate surface area is 157 Å². The molecule has 1 atom stereocenters. The number of aryl methyl sites for hydroxylation is 1. The Bertz CT molecular complexity index is 875. The summed E-state index contributed by atoms with van der Waals surface area (Å²) in [6.45, 7) is 2.52. The van der Waals surface area contributed by atoms with Crippen LogP contribution in [0.4, 0.5) is 0 Å². The quantitative estimate of drug-likeness (QED) is 0.629. The maximum absolute atomic E-state index is 12.8. The van der Waals surface area contributed by atoms with E-state index in [1.54, 1.807) is 41.8 Å². The third kappa shape index (κ3) is 4.38. The molecule has 1 aliphatic heterocycles. The van der Waals surface area contributed by atoms with Crippen LogP contribution < -0.4 is 5.43 Å². The van der Waals surface area contributed by atoms with Gasteiger partial charge < -0.3 is 0 Å². The van der Waals surface area contributed by atoms with Crippen molar-refractivity contribution in [3.8, 4) is 0 Å². The van der Waals surface area contributed by atoms with Gasteiger partial charge in [0.25, 0.3) is 0 Å². The fraction of sp³-hybridized carbons (Fsp3) is 0.333. The number of hydrogen-bond acceptors (Lipinski definition) is 5. The first-order valence-electron chi connectivity index (χ1n) is 8.39. The van der Waals surface area contributed by atoms with Crippen molar-refractivity contribution in [3.05, 3.63) is 52.2 Å². The number of thiophene rings is 1. The number of piperidine rings is 1. The van der Waals surface area contributed by atoms with E-state index in [4.69, 9.17) is 0 Å². The molecule has 1 aromatic heterocycles. The lowest BCUT2D eigenvalue weighted by Crippen LogP contribution is -2.44. The van der Waals surface area contributed by atoms with Crippen LogP contribution in [0.2, 0.25) is 0 Å². The average Bonchev–Trinajstić information content (AvgIpc) is 3.15. The van der Waals surface area contributed by atoms with Crippen LogP contribution in [0.15, 0.2) is 51.1 Å². The van der Waals surface area contributed by atoms with Gasteiger partial charge in [-0.1, -0.05) is 17.7 Å². The summed E-state index contributed by atoms with van der Waals surface area (Å²) in [6.07, 6.45) is 2.88. The zero-order valence-corrected chi connectivity index (χ0v) is 16.1. The molecule has 3 rings (SSSR count). The molecular formula is C18H21N3O3S2. The number of amides is 1. The number of nitrogens with zero attached hydrogens (tertiary/aromatic N) is 2. The highest BCUT2D eigenvalue weighted by Gasteiger charge is 2.33. The van der Waals surface area contributed by atoms with E-state index in [1.165, 1.54) is 4.31 Å². The summed E-state index contributed by atoms with van der Waals surface area (Å²) in [5, 5.41) is 7.81. The fourth-order valence-electron chi connectivity index (χ4n) is 2.84. The number of rotatable bonds is 5. The molecular weight excluding hydrogens is 370 g/mol. The summed E-state index contributed by atoms with van der Waals surface area (Å²) in [5.74, 6) is -0.649. The van der Waals surface area contributed by atoms with Crippen LogP contribution in [0.3, 0.4) is 0 Å². The topological polar surface area (TPSA) is 78.8 Å². The van der Waals surface area contributed by atoms with Gasteiger partial charge in [0.2, 0.25) is 15.9 Å². The minimum absolute atomic E-state index is 0.177. The van der Waals surface area contributed by atoms with Crippen molar-refractivity contribution < 1.29 is 13.2 Å². The monoisotopic (exact) mass is 391 g/mol. The molecule has 1 aromatic carbocycles. The Hall–Kier alpha value is -2.03. The highest BCUT2D eigenvalue weighted by Crippen LogP contribution is 2.24. The summed E-state index contributed by atoms with van der Waals surface area (Å²) in [7, 11) is -3.58. The van der Waals surface area contributed by atoms with Gasteiger partial charge in [0.05, 0.1) is 17.0 Å². The van der Waals surface area contributed by atoms with Crippen molar-refractivity contribution in [2.24, 2.45) is 11.0 Å². The molecule has 0 saturated carbocycles. The van der Waals surface area contributed by atoms with E-state index in [2.05, 4.69) is 10.5 Å². The van der Waals surface area contributed by atoms with E-state index in [0.29, 0.717) is 19.4 Å². The number of sulfonamides is 1. The normalized spacial score (nSPS) is 18.9. The summed E-state index contributed by atoms with van der Waals surface area (Å²) in [6, 6.07) is 8.68. The summed E-state index contributed by atoms with van der Waals surface area (Å²) in [4.78, 5) is 12.6. The molecule has 1 aliphatic rings. The Balaban J connectivity index is 1.64. The van der Waals surface area contributed by atoms with Crippen LogP contribution in [-0.2, 0) is 14.8 Å². The first-order chi connectivity index (χ1) is 12.5. The van der Waals surface area contributed by atoms with Crippen LogP contribution in [0, 0.1) is 12.8 Å². The molecule has 0 unspecified atom stereocenters. The molecule has 1 amide bonds. The summed E-state index contributed by atoms with van der Waals surface area (Å²) in [5.41, 5.74) is 4.45. The van der Waals surface area contributed by atoms with Gasteiger partial charge >= 0.3 is 0 Å². The molecule has 1 N–H and O–H groups in total. The maximum Gasteiger partial charge on any atom is 0.244 e. The largest absolute Gasteiger partial charge is 0.273 e. The minimum atomic E-state index is -3.58. The molecule has 1 saturated heterocycles. The molecule has 6 nitrogen and oxygen atoms in total. The van der Waals surface area contributed by atoms with E-state index >= 15 is 0 Å². The number of hydrogen-bond donors (Lipinski definition) is 1. The van der Waals surface area contributed by atoms with Crippen molar-refractivity contribution >= 4 is 33.5 Å². The summed E-state index contributed by atoms with van der Waals surface area (Å²) >= 11 is 1.55. The van der Waals surface area contributed by atoms with E-state index in [1.807, 2.05) is 23.8 Å². The van der Waals surface area contributed by atoms with Crippen LogP contribution in [0.5, 0.6) is 0 Å². The van der Waals surface area contributed by atoms with Crippen molar-refractivity contribution in [1.82, 2.24) is 9.73 Å². The molecule has 0 aliphatic carbocycles. The summed E-state index contributed by atoms with van der Waals surface area (Å²) < 4.78 is 27.0. The standard InChI is InChI=1S/C18H21N3O3S2/c1-14-4-6-17(7-5-14)26(23,24)21-9-2-3-16(12-21)18(22)20-19-11-15-8-10-25-13-15/h4-8,10-11,13,16H,2-3,9,12H2,1H3,(H,20,22)/b19-11-/t16-/m0/s1. The van der Waals surface area contributed by atoms with Gasteiger partial charge in [0.1, 0.15) is 0 Å². The third-order valence-corrected chi connectivity index (χ3v) is 6.93. The fourth-order valence-corrected chi connectivity index (χ4v) is 4.98. The second kappa shape index (κ2) is 8.11. The maximum atomic E-state index is 12.8.